The van der Waals surface area contributed by atoms with Crippen molar-refractivity contribution < 1.29 is 9.53 Å². The highest BCUT2D eigenvalue weighted by Crippen LogP contribution is 2.18. The Hall–Kier alpha value is -3.33. The van der Waals surface area contributed by atoms with E-state index in [1.54, 1.807) is 6.08 Å². The second kappa shape index (κ2) is 10.1. The molecule has 0 atom stereocenters. The third-order valence-electron chi connectivity index (χ3n) is 4.35. The van der Waals surface area contributed by atoms with Crippen LogP contribution in [0.3, 0.4) is 0 Å². The van der Waals surface area contributed by atoms with Gasteiger partial charge in [0, 0.05) is 24.7 Å². The monoisotopic (exact) mass is 371 g/mol. The second-order valence-corrected chi connectivity index (χ2v) is 6.47. The first kappa shape index (κ1) is 19.4. The highest BCUT2D eigenvalue weighted by molar-refractivity contribution is 6.04. The van der Waals surface area contributed by atoms with Gasteiger partial charge in [0.15, 0.2) is 11.7 Å². The van der Waals surface area contributed by atoms with Crippen LogP contribution < -0.4 is 0 Å². The minimum atomic E-state index is -0.0600. The number of carbonyl (C=O) groups is 1. The average Bonchev–Trinajstić information content (AvgIpc) is 2.75. The molecule has 0 bridgehead atoms. The fourth-order valence-electron chi connectivity index (χ4n) is 2.99. The molecule has 3 aromatic carbocycles. The molecule has 3 nitrogen and oxygen atoms in total. The minimum Gasteiger partial charge on any atom is -0.479 e. The lowest BCUT2D eigenvalue weighted by Crippen LogP contribution is -2.25. The Balaban J connectivity index is 1.91. The summed E-state index contributed by atoms with van der Waals surface area (Å²) in [7, 11) is 0. The van der Waals surface area contributed by atoms with Crippen LogP contribution in [0.4, 0.5) is 0 Å². The van der Waals surface area contributed by atoms with E-state index in [1.165, 1.54) is 0 Å². The maximum atomic E-state index is 12.8. The van der Waals surface area contributed by atoms with Gasteiger partial charge in [-0.25, -0.2) is 0 Å². The number of ether oxygens (including phenoxy) is 1. The summed E-state index contributed by atoms with van der Waals surface area (Å²) in [4.78, 5) is 14.9. The van der Waals surface area contributed by atoms with Gasteiger partial charge in [-0.05, 0) is 18.1 Å². The molecule has 142 valence electrons. The second-order valence-electron chi connectivity index (χ2n) is 6.47. The summed E-state index contributed by atoms with van der Waals surface area (Å²) in [6.45, 7) is 3.74. The zero-order valence-corrected chi connectivity index (χ0v) is 16.1. The molecule has 3 heteroatoms. The lowest BCUT2D eigenvalue weighted by atomic mass is 10.1. The Morgan fingerprint density at radius 1 is 0.786 bits per heavy atom. The van der Waals surface area contributed by atoms with Gasteiger partial charge in [0.25, 0.3) is 0 Å². The lowest BCUT2D eigenvalue weighted by Gasteiger charge is -2.27. The third-order valence-corrected chi connectivity index (χ3v) is 4.35. The summed E-state index contributed by atoms with van der Waals surface area (Å²) in [5, 5.41) is 0. The van der Waals surface area contributed by atoms with Crippen LogP contribution in [-0.2, 0) is 17.8 Å². The van der Waals surface area contributed by atoms with E-state index in [0.29, 0.717) is 31.1 Å². The molecule has 3 aromatic rings. The Kier molecular flexibility index (Phi) is 7.02. The number of carbonyl (C=O) groups excluding carboxylic acids is 1. The van der Waals surface area contributed by atoms with Gasteiger partial charge in [-0.3, -0.25) is 4.79 Å². The third kappa shape index (κ3) is 5.58. The molecule has 3 rings (SSSR count). The van der Waals surface area contributed by atoms with E-state index >= 15 is 0 Å². The smallest absolute Gasteiger partial charge is 0.193 e. The highest BCUT2D eigenvalue weighted by Gasteiger charge is 2.15. The van der Waals surface area contributed by atoms with Crippen molar-refractivity contribution in [1.82, 2.24) is 4.90 Å². The summed E-state index contributed by atoms with van der Waals surface area (Å²) < 4.78 is 5.91. The molecular formula is C25H25NO2. The fraction of sp³-hybridized carbons (Fsp3) is 0.160. The van der Waals surface area contributed by atoms with Crippen LogP contribution in [-0.4, -0.2) is 17.3 Å². The highest BCUT2D eigenvalue weighted by atomic mass is 16.5. The molecule has 28 heavy (non-hydrogen) atoms. The van der Waals surface area contributed by atoms with Crippen molar-refractivity contribution in [3.63, 3.8) is 0 Å². The normalized spacial score (nSPS) is 11.1. The summed E-state index contributed by atoms with van der Waals surface area (Å²) >= 11 is 0. The van der Waals surface area contributed by atoms with Crippen LogP contribution in [0.5, 0.6) is 0 Å². The molecule has 0 aliphatic carbocycles. The molecule has 0 saturated heterocycles. The molecule has 0 unspecified atom stereocenters. The first-order chi connectivity index (χ1) is 13.8. The molecule has 0 spiro atoms. The van der Waals surface area contributed by atoms with Gasteiger partial charge < -0.3 is 9.64 Å². The molecule has 0 aliphatic rings. The van der Waals surface area contributed by atoms with Crippen molar-refractivity contribution in [2.45, 2.75) is 20.0 Å². The van der Waals surface area contributed by atoms with Crippen molar-refractivity contribution in [2.75, 3.05) is 6.61 Å². The lowest BCUT2D eigenvalue weighted by molar-refractivity contribution is 0.0961. The van der Waals surface area contributed by atoms with E-state index in [9.17, 15) is 4.79 Å². The number of allylic oxidation sites excluding steroid dienone is 1. The number of hydrogen-bond acceptors (Lipinski definition) is 3. The van der Waals surface area contributed by atoms with Gasteiger partial charge in [0.05, 0.1) is 6.61 Å². The van der Waals surface area contributed by atoms with Crippen molar-refractivity contribution >= 4 is 5.78 Å². The first-order valence-electron chi connectivity index (χ1n) is 9.53. The van der Waals surface area contributed by atoms with Gasteiger partial charge in [0.1, 0.15) is 0 Å². The molecule has 0 saturated carbocycles. The van der Waals surface area contributed by atoms with Crippen LogP contribution in [0, 0.1) is 0 Å². The Morgan fingerprint density at radius 3 is 1.71 bits per heavy atom. The topological polar surface area (TPSA) is 29.5 Å². The first-order valence-corrected chi connectivity index (χ1v) is 9.53. The Bertz CT molecular complexity index is 848. The van der Waals surface area contributed by atoms with Crippen molar-refractivity contribution in [2.24, 2.45) is 0 Å². The minimum absolute atomic E-state index is 0.0600. The standard InChI is InChI=1S/C25H25NO2/c1-2-28-25(18-24(27)23-16-10-5-11-17-23)26(19-21-12-6-3-7-13-21)20-22-14-8-4-9-15-22/h3-18H,2,19-20H2,1H3/b25-18-. The molecular weight excluding hydrogens is 346 g/mol. The van der Waals surface area contributed by atoms with E-state index in [-0.39, 0.29) is 5.78 Å². The van der Waals surface area contributed by atoms with Gasteiger partial charge in [0.2, 0.25) is 0 Å². The van der Waals surface area contributed by atoms with E-state index < -0.39 is 0 Å². The molecule has 0 aromatic heterocycles. The Labute approximate surface area is 166 Å². The summed E-state index contributed by atoms with van der Waals surface area (Å²) in [5.74, 6) is 0.527. The van der Waals surface area contributed by atoms with Crippen molar-refractivity contribution in [1.29, 1.82) is 0 Å². The van der Waals surface area contributed by atoms with Crippen LogP contribution >= 0.6 is 0 Å². The van der Waals surface area contributed by atoms with Crippen LogP contribution in [0.2, 0.25) is 0 Å². The number of benzene rings is 3. The van der Waals surface area contributed by atoms with Crippen LogP contribution in [0.15, 0.2) is 103 Å². The quantitative estimate of drug-likeness (QED) is 0.285. The van der Waals surface area contributed by atoms with Crippen LogP contribution in [0.1, 0.15) is 28.4 Å². The van der Waals surface area contributed by atoms with E-state index in [2.05, 4.69) is 29.2 Å². The van der Waals surface area contributed by atoms with Gasteiger partial charge in [-0.15, -0.1) is 0 Å². The van der Waals surface area contributed by atoms with E-state index in [4.69, 9.17) is 4.74 Å². The summed E-state index contributed by atoms with van der Waals surface area (Å²) in [5.41, 5.74) is 2.98. The number of rotatable bonds is 9. The molecule has 0 fully saturated rings. The fourth-order valence-corrected chi connectivity index (χ4v) is 2.99. The molecule has 0 N–H and O–H groups in total. The van der Waals surface area contributed by atoms with Gasteiger partial charge >= 0.3 is 0 Å². The Morgan fingerprint density at radius 2 is 1.25 bits per heavy atom. The number of nitrogens with zero attached hydrogens (tertiary/aromatic N) is 1. The number of ketones is 1. The van der Waals surface area contributed by atoms with Gasteiger partial charge in [-0.2, -0.15) is 0 Å². The number of hydrogen-bond donors (Lipinski definition) is 0. The van der Waals surface area contributed by atoms with Crippen molar-refractivity contribution in [3.05, 3.63) is 120 Å². The molecule has 0 aliphatic heterocycles. The molecule has 0 radical (unpaired) electrons. The maximum Gasteiger partial charge on any atom is 0.193 e. The predicted molar refractivity (Wildman–Crippen MR) is 113 cm³/mol. The van der Waals surface area contributed by atoms with Crippen LogP contribution in [0.25, 0.3) is 0 Å². The average molecular weight is 371 g/mol. The molecule has 0 amide bonds. The largest absolute Gasteiger partial charge is 0.479 e. The molecule has 0 heterocycles. The van der Waals surface area contributed by atoms with Gasteiger partial charge in [-0.1, -0.05) is 91.0 Å². The summed E-state index contributed by atoms with van der Waals surface area (Å²) in [6, 6.07) is 29.7. The maximum absolute atomic E-state index is 12.8. The van der Waals surface area contributed by atoms with E-state index in [1.807, 2.05) is 73.7 Å². The van der Waals surface area contributed by atoms with E-state index in [0.717, 1.165) is 11.1 Å². The SMILES string of the molecule is CCO/C(=C\C(=O)c1ccccc1)N(Cc1ccccc1)Cc1ccccc1. The van der Waals surface area contributed by atoms with Crippen molar-refractivity contribution in [3.8, 4) is 0 Å². The zero-order chi connectivity index (χ0) is 19.6. The summed E-state index contributed by atoms with van der Waals surface area (Å²) in [6.07, 6.45) is 1.60. The predicted octanol–water partition coefficient (Wildman–Crippen LogP) is 5.45. The zero-order valence-electron chi connectivity index (χ0n) is 16.1.